The minimum Gasteiger partial charge on any atom is -0.468 e. The zero-order valence-corrected chi connectivity index (χ0v) is 12.4. The van der Waals surface area contributed by atoms with E-state index < -0.39 is 18.8 Å². The number of anilines is 1. The van der Waals surface area contributed by atoms with E-state index >= 15 is 0 Å². The molecule has 2 rings (SSSR count). The van der Waals surface area contributed by atoms with Crippen LogP contribution in [0.1, 0.15) is 19.8 Å². The Balaban J connectivity index is 1.93. The van der Waals surface area contributed by atoms with Gasteiger partial charge in [0.25, 0.3) is 0 Å². The molecule has 1 aliphatic heterocycles. The topological polar surface area (TPSA) is 71.5 Å². The number of aromatic nitrogens is 1. The number of hydrogen-bond donors (Lipinski definition) is 1. The van der Waals surface area contributed by atoms with Gasteiger partial charge in [0.05, 0.1) is 11.9 Å². The average molecular weight is 331 g/mol. The number of alkyl halides is 3. The normalized spacial score (nSPS) is 17.9. The number of carbonyl (C=O) groups excluding carboxylic acids is 2. The van der Waals surface area contributed by atoms with Crippen LogP contribution in [0, 0.1) is 0 Å². The minimum absolute atomic E-state index is 0.170. The quantitative estimate of drug-likeness (QED) is 0.916. The summed E-state index contributed by atoms with van der Waals surface area (Å²) in [6.45, 7) is 0.511. The third-order valence-corrected chi connectivity index (χ3v) is 3.35. The van der Waals surface area contributed by atoms with Crippen molar-refractivity contribution in [1.82, 2.24) is 9.88 Å². The molecular formula is C14H16F3N3O3. The highest BCUT2D eigenvalue weighted by atomic mass is 19.4. The summed E-state index contributed by atoms with van der Waals surface area (Å²) < 4.78 is 40.6. The molecule has 0 aliphatic carbocycles. The maximum atomic E-state index is 12.2. The van der Waals surface area contributed by atoms with Crippen LogP contribution in [-0.4, -0.2) is 47.1 Å². The van der Waals surface area contributed by atoms with E-state index in [1.165, 1.54) is 30.2 Å². The molecule has 2 amide bonds. The maximum Gasteiger partial charge on any atom is 0.422 e. The van der Waals surface area contributed by atoms with Gasteiger partial charge in [0.2, 0.25) is 17.7 Å². The number of halogens is 3. The van der Waals surface area contributed by atoms with Crippen molar-refractivity contribution in [2.45, 2.75) is 32.0 Å². The largest absolute Gasteiger partial charge is 0.468 e. The number of likely N-dealkylation sites (tertiary alicyclic amines) is 1. The third kappa shape index (κ3) is 4.83. The molecule has 9 heteroatoms. The van der Waals surface area contributed by atoms with Gasteiger partial charge >= 0.3 is 6.18 Å². The molecule has 1 aromatic rings. The van der Waals surface area contributed by atoms with Crippen LogP contribution in [0.25, 0.3) is 0 Å². The predicted molar refractivity (Wildman–Crippen MR) is 74.8 cm³/mol. The Labute approximate surface area is 130 Å². The van der Waals surface area contributed by atoms with Crippen molar-refractivity contribution in [1.29, 1.82) is 0 Å². The molecule has 0 bridgehead atoms. The first-order chi connectivity index (χ1) is 10.8. The van der Waals surface area contributed by atoms with E-state index in [9.17, 15) is 22.8 Å². The van der Waals surface area contributed by atoms with Gasteiger partial charge in [0, 0.05) is 19.5 Å². The molecule has 0 radical (unpaired) electrons. The summed E-state index contributed by atoms with van der Waals surface area (Å²) in [4.78, 5) is 28.8. The first-order valence-electron chi connectivity index (χ1n) is 7.00. The van der Waals surface area contributed by atoms with Crippen molar-refractivity contribution in [3.05, 3.63) is 18.3 Å². The molecule has 2 heterocycles. The number of nitrogens with one attached hydrogen (secondary N) is 1. The molecule has 1 aromatic heterocycles. The van der Waals surface area contributed by atoms with Gasteiger partial charge in [0.1, 0.15) is 6.04 Å². The second-order valence-electron chi connectivity index (χ2n) is 5.15. The Morgan fingerprint density at radius 2 is 2.17 bits per heavy atom. The summed E-state index contributed by atoms with van der Waals surface area (Å²) in [7, 11) is 0. The lowest BCUT2D eigenvalue weighted by molar-refractivity contribution is -0.154. The summed E-state index contributed by atoms with van der Waals surface area (Å²) in [5.74, 6) is -0.702. The number of rotatable bonds is 4. The lowest BCUT2D eigenvalue weighted by Gasteiger charge is -2.22. The van der Waals surface area contributed by atoms with Crippen LogP contribution in [-0.2, 0) is 9.59 Å². The lowest BCUT2D eigenvalue weighted by atomic mass is 10.2. The molecule has 0 aromatic carbocycles. The Bertz CT molecular complexity index is 575. The van der Waals surface area contributed by atoms with Crippen molar-refractivity contribution >= 4 is 17.5 Å². The number of hydrogen-bond acceptors (Lipinski definition) is 4. The number of carbonyl (C=O) groups is 2. The molecule has 0 spiro atoms. The smallest absolute Gasteiger partial charge is 0.422 e. The van der Waals surface area contributed by atoms with Crippen LogP contribution in [0.3, 0.4) is 0 Å². The SMILES string of the molecule is CC(=O)N1CCC[C@H]1C(=O)Nc1ccc(OCC(F)(F)F)nc1. The summed E-state index contributed by atoms with van der Waals surface area (Å²) >= 11 is 0. The number of amides is 2. The molecule has 1 N–H and O–H groups in total. The summed E-state index contributed by atoms with van der Waals surface area (Å²) in [6.07, 6.45) is -1.91. The van der Waals surface area contributed by atoms with Gasteiger partial charge < -0.3 is 15.0 Å². The lowest BCUT2D eigenvalue weighted by Crippen LogP contribution is -2.42. The molecule has 1 saturated heterocycles. The number of ether oxygens (including phenoxy) is 1. The fourth-order valence-electron chi connectivity index (χ4n) is 2.34. The van der Waals surface area contributed by atoms with E-state index in [4.69, 9.17) is 0 Å². The predicted octanol–water partition coefficient (Wildman–Crippen LogP) is 1.97. The second kappa shape index (κ2) is 6.84. The van der Waals surface area contributed by atoms with Crippen molar-refractivity contribution in [3.8, 4) is 5.88 Å². The van der Waals surface area contributed by atoms with Crippen LogP contribution in [0.5, 0.6) is 5.88 Å². The monoisotopic (exact) mass is 331 g/mol. The van der Waals surface area contributed by atoms with Gasteiger partial charge in [-0.05, 0) is 18.9 Å². The van der Waals surface area contributed by atoms with Crippen LogP contribution < -0.4 is 10.1 Å². The molecule has 23 heavy (non-hydrogen) atoms. The van der Waals surface area contributed by atoms with Gasteiger partial charge in [-0.2, -0.15) is 13.2 Å². The van der Waals surface area contributed by atoms with Crippen LogP contribution in [0.15, 0.2) is 18.3 Å². The van der Waals surface area contributed by atoms with Gasteiger partial charge in [-0.15, -0.1) is 0 Å². The van der Waals surface area contributed by atoms with E-state index in [0.29, 0.717) is 18.7 Å². The van der Waals surface area contributed by atoms with Gasteiger partial charge in [0.15, 0.2) is 6.61 Å². The molecule has 126 valence electrons. The molecule has 1 atom stereocenters. The maximum absolute atomic E-state index is 12.2. The van der Waals surface area contributed by atoms with Crippen molar-refractivity contribution in [3.63, 3.8) is 0 Å². The van der Waals surface area contributed by atoms with E-state index in [-0.39, 0.29) is 17.7 Å². The van der Waals surface area contributed by atoms with E-state index in [1.807, 2.05) is 0 Å². The average Bonchev–Trinajstić information content (AvgIpc) is 2.95. The van der Waals surface area contributed by atoms with Gasteiger partial charge in [-0.1, -0.05) is 0 Å². The Morgan fingerprint density at radius 1 is 1.43 bits per heavy atom. The number of nitrogens with zero attached hydrogens (tertiary/aromatic N) is 2. The summed E-state index contributed by atoms with van der Waals surface area (Å²) in [6, 6.07) is 2.09. The van der Waals surface area contributed by atoms with Gasteiger partial charge in [-0.3, -0.25) is 9.59 Å². The molecule has 1 fully saturated rings. The number of pyridine rings is 1. The van der Waals surface area contributed by atoms with Crippen LogP contribution in [0.4, 0.5) is 18.9 Å². The third-order valence-electron chi connectivity index (χ3n) is 3.35. The van der Waals surface area contributed by atoms with Crippen LogP contribution >= 0.6 is 0 Å². The summed E-state index contributed by atoms with van der Waals surface area (Å²) in [5, 5.41) is 2.60. The van der Waals surface area contributed by atoms with E-state index in [2.05, 4.69) is 15.0 Å². The first kappa shape index (κ1) is 17.0. The highest BCUT2D eigenvalue weighted by Gasteiger charge is 2.32. The molecule has 0 unspecified atom stereocenters. The Hall–Kier alpha value is -2.32. The fraction of sp³-hybridized carbons (Fsp3) is 0.500. The fourth-order valence-corrected chi connectivity index (χ4v) is 2.34. The van der Waals surface area contributed by atoms with Crippen molar-refractivity contribution in [2.24, 2.45) is 0 Å². The summed E-state index contributed by atoms with van der Waals surface area (Å²) in [5.41, 5.74) is 0.324. The Kier molecular flexibility index (Phi) is 5.07. The molecule has 6 nitrogen and oxygen atoms in total. The zero-order valence-electron chi connectivity index (χ0n) is 12.4. The van der Waals surface area contributed by atoms with E-state index in [1.54, 1.807) is 0 Å². The van der Waals surface area contributed by atoms with Crippen LogP contribution in [0.2, 0.25) is 0 Å². The van der Waals surface area contributed by atoms with E-state index in [0.717, 1.165) is 6.42 Å². The molecule has 1 aliphatic rings. The van der Waals surface area contributed by atoms with Gasteiger partial charge in [-0.25, -0.2) is 4.98 Å². The molecule has 0 saturated carbocycles. The highest BCUT2D eigenvalue weighted by molar-refractivity contribution is 5.97. The molecular weight excluding hydrogens is 315 g/mol. The second-order valence-corrected chi connectivity index (χ2v) is 5.15. The first-order valence-corrected chi connectivity index (χ1v) is 7.00. The highest BCUT2D eigenvalue weighted by Crippen LogP contribution is 2.21. The minimum atomic E-state index is -4.44. The van der Waals surface area contributed by atoms with Crippen molar-refractivity contribution < 1.29 is 27.5 Å². The standard InChI is InChI=1S/C14H16F3N3O3/c1-9(21)20-6-2-3-11(20)13(22)19-10-4-5-12(18-7-10)23-8-14(15,16)17/h4-5,7,11H,2-3,6,8H2,1H3,(H,19,22)/t11-/m0/s1. The zero-order chi connectivity index (χ0) is 17.0. The van der Waals surface area contributed by atoms with Crippen molar-refractivity contribution in [2.75, 3.05) is 18.5 Å². The Morgan fingerprint density at radius 3 is 2.74 bits per heavy atom.